The molecule has 1 N–H and O–H groups in total. The summed E-state index contributed by atoms with van der Waals surface area (Å²) in [6.07, 6.45) is 1.43. The largest absolute Gasteiger partial charge is 0.544 e. The number of ketones is 1. The van der Waals surface area contributed by atoms with E-state index < -0.39 is 17.3 Å². The van der Waals surface area contributed by atoms with Gasteiger partial charge in [-0.1, -0.05) is 36.4 Å². The molecule has 0 aliphatic carbocycles. The molecule has 126 valence electrons. The van der Waals surface area contributed by atoms with Gasteiger partial charge in [0.15, 0.2) is 5.76 Å². The smallest absolute Gasteiger partial charge is 0.235 e. The van der Waals surface area contributed by atoms with Crippen LogP contribution in [0.5, 0.6) is 5.75 Å². The fourth-order valence-corrected chi connectivity index (χ4v) is 2.38. The number of carboxylic acid groups (broad SMARTS) is 1. The van der Waals surface area contributed by atoms with Gasteiger partial charge in [0.05, 0.1) is 13.1 Å². The standard InChI is InChI=1S/C19H15NO5/c1-24-14-10-6-5-7-12(14)11-15-17(21)16(19(22)23)18(25-15)20-13-8-3-2-4-9-13/h2-11,20H,1H3,(H,22,23)/p-1/b15-11-. The summed E-state index contributed by atoms with van der Waals surface area (Å²) in [5.74, 6) is -2.12. The maximum absolute atomic E-state index is 12.4. The monoisotopic (exact) mass is 336 g/mol. The maximum atomic E-state index is 12.4. The molecule has 0 atom stereocenters. The number of allylic oxidation sites excluding steroid dienone is 1. The first-order valence-electron chi connectivity index (χ1n) is 7.45. The molecule has 0 bridgehead atoms. The van der Waals surface area contributed by atoms with Gasteiger partial charge < -0.3 is 24.7 Å². The van der Waals surface area contributed by atoms with Crippen LogP contribution < -0.4 is 15.2 Å². The van der Waals surface area contributed by atoms with Gasteiger partial charge in [-0.15, -0.1) is 0 Å². The Kier molecular flexibility index (Phi) is 4.52. The molecule has 6 nitrogen and oxygen atoms in total. The van der Waals surface area contributed by atoms with Crippen LogP contribution in [0.4, 0.5) is 5.69 Å². The second-order valence-electron chi connectivity index (χ2n) is 5.16. The Labute approximate surface area is 144 Å². The summed E-state index contributed by atoms with van der Waals surface area (Å²) < 4.78 is 10.7. The van der Waals surface area contributed by atoms with Crippen molar-refractivity contribution >= 4 is 23.5 Å². The number of carbonyl (C=O) groups excluding carboxylic acids is 2. The van der Waals surface area contributed by atoms with Crippen LogP contribution in [0.3, 0.4) is 0 Å². The van der Waals surface area contributed by atoms with E-state index >= 15 is 0 Å². The third-order valence-electron chi connectivity index (χ3n) is 3.55. The average Bonchev–Trinajstić information content (AvgIpc) is 2.91. The first kappa shape index (κ1) is 16.3. The van der Waals surface area contributed by atoms with Crippen molar-refractivity contribution < 1.29 is 24.2 Å². The lowest BCUT2D eigenvalue weighted by molar-refractivity contribution is -0.298. The molecule has 1 aliphatic heterocycles. The number of aliphatic carboxylic acids is 1. The SMILES string of the molecule is COc1ccccc1/C=C1\OC(Nc2ccccc2)=C(C(=O)[O-])C1=O. The summed E-state index contributed by atoms with van der Waals surface area (Å²) in [7, 11) is 1.50. The van der Waals surface area contributed by atoms with Gasteiger partial charge in [0, 0.05) is 11.3 Å². The number of rotatable bonds is 5. The second kappa shape index (κ2) is 6.92. The zero-order valence-corrected chi connectivity index (χ0v) is 13.3. The minimum absolute atomic E-state index is 0.123. The van der Waals surface area contributed by atoms with Gasteiger partial charge in [0.2, 0.25) is 11.7 Å². The lowest BCUT2D eigenvalue weighted by Crippen LogP contribution is -2.28. The fourth-order valence-electron chi connectivity index (χ4n) is 2.38. The summed E-state index contributed by atoms with van der Waals surface area (Å²) in [4.78, 5) is 23.8. The summed E-state index contributed by atoms with van der Waals surface area (Å²) in [6.45, 7) is 0. The Bertz CT molecular complexity index is 884. The summed E-state index contributed by atoms with van der Waals surface area (Å²) in [5, 5.41) is 14.2. The molecule has 1 heterocycles. The van der Waals surface area contributed by atoms with Gasteiger partial charge in [0.25, 0.3) is 0 Å². The molecule has 0 saturated carbocycles. The molecule has 0 spiro atoms. The highest BCUT2D eigenvalue weighted by molar-refractivity contribution is 6.25. The van der Waals surface area contributed by atoms with Crippen LogP contribution in [0.15, 0.2) is 71.8 Å². The minimum atomic E-state index is -1.60. The first-order chi connectivity index (χ1) is 12.1. The van der Waals surface area contributed by atoms with Gasteiger partial charge in [-0.2, -0.15) is 0 Å². The number of benzene rings is 2. The minimum Gasteiger partial charge on any atom is -0.544 e. The first-order valence-corrected chi connectivity index (χ1v) is 7.45. The van der Waals surface area contributed by atoms with Crippen LogP contribution in [0.25, 0.3) is 6.08 Å². The van der Waals surface area contributed by atoms with Gasteiger partial charge in [0.1, 0.15) is 11.3 Å². The predicted molar refractivity (Wildman–Crippen MR) is 89.2 cm³/mol. The van der Waals surface area contributed by atoms with E-state index in [-0.39, 0.29) is 11.6 Å². The van der Waals surface area contributed by atoms with E-state index in [9.17, 15) is 14.7 Å². The number of anilines is 1. The number of methoxy groups -OCH3 is 1. The van der Waals surface area contributed by atoms with Crippen LogP contribution in [0, 0.1) is 0 Å². The Morgan fingerprint density at radius 1 is 1.12 bits per heavy atom. The maximum Gasteiger partial charge on any atom is 0.235 e. The van der Waals surface area contributed by atoms with Crippen molar-refractivity contribution in [3.63, 3.8) is 0 Å². The van der Waals surface area contributed by atoms with Gasteiger partial charge in [-0.3, -0.25) is 4.79 Å². The molecule has 3 rings (SSSR count). The summed E-state index contributed by atoms with van der Waals surface area (Å²) in [6, 6.07) is 15.8. The number of hydrogen-bond donors (Lipinski definition) is 1. The zero-order chi connectivity index (χ0) is 17.8. The molecular formula is C19H14NO5-. The molecule has 0 unspecified atom stereocenters. The molecular weight excluding hydrogens is 322 g/mol. The number of ether oxygens (including phenoxy) is 2. The number of hydrogen-bond acceptors (Lipinski definition) is 6. The van der Waals surface area contributed by atoms with E-state index in [1.807, 2.05) is 6.07 Å². The molecule has 1 aliphatic rings. The lowest BCUT2D eigenvalue weighted by Gasteiger charge is -2.09. The van der Waals surface area contributed by atoms with Gasteiger partial charge in [-0.25, -0.2) is 0 Å². The van der Waals surface area contributed by atoms with E-state index in [0.29, 0.717) is 17.0 Å². The number of para-hydroxylation sites is 2. The normalized spacial score (nSPS) is 15.2. The van der Waals surface area contributed by atoms with Gasteiger partial charge in [-0.05, 0) is 24.3 Å². The fraction of sp³-hybridized carbons (Fsp3) is 0.0526. The van der Waals surface area contributed by atoms with Crippen LogP contribution >= 0.6 is 0 Å². The van der Waals surface area contributed by atoms with Crippen LogP contribution in [-0.4, -0.2) is 18.9 Å². The molecule has 6 heteroatoms. The number of Topliss-reactive ketones (excluding diaryl/α,β-unsaturated/α-hetero) is 1. The van der Waals surface area contributed by atoms with Crippen molar-refractivity contribution in [1.29, 1.82) is 0 Å². The van der Waals surface area contributed by atoms with Gasteiger partial charge >= 0.3 is 0 Å². The number of carbonyl (C=O) groups is 2. The molecule has 0 fully saturated rings. The van der Waals surface area contributed by atoms with Crippen LogP contribution in [0.2, 0.25) is 0 Å². The third-order valence-corrected chi connectivity index (χ3v) is 3.55. The highest BCUT2D eigenvalue weighted by atomic mass is 16.5. The number of carboxylic acids is 1. The summed E-state index contributed by atoms with van der Waals surface area (Å²) in [5.41, 5.74) is 0.625. The van der Waals surface area contributed by atoms with Crippen LogP contribution in [-0.2, 0) is 14.3 Å². The molecule has 0 radical (unpaired) electrons. The van der Waals surface area contributed by atoms with Crippen LogP contribution in [0.1, 0.15) is 5.56 Å². The zero-order valence-electron chi connectivity index (χ0n) is 13.3. The highest BCUT2D eigenvalue weighted by Crippen LogP contribution is 2.29. The molecule has 0 saturated heterocycles. The Morgan fingerprint density at radius 3 is 2.48 bits per heavy atom. The van der Waals surface area contributed by atoms with E-state index in [4.69, 9.17) is 9.47 Å². The lowest BCUT2D eigenvalue weighted by atomic mass is 10.1. The summed E-state index contributed by atoms with van der Waals surface area (Å²) >= 11 is 0. The molecule has 2 aromatic carbocycles. The predicted octanol–water partition coefficient (Wildman–Crippen LogP) is 1.71. The van der Waals surface area contributed by atoms with Crippen molar-refractivity contribution in [1.82, 2.24) is 0 Å². The highest BCUT2D eigenvalue weighted by Gasteiger charge is 2.32. The van der Waals surface area contributed by atoms with E-state index in [2.05, 4.69) is 5.32 Å². The molecule has 0 amide bonds. The number of nitrogens with one attached hydrogen (secondary N) is 1. The molecule has 2 aromatic rings. The Hall–Kier alpha value is -3.54. The average molecular weight is 336 g/mol. The topological polar surface area (TPSA) is 87.7 Å². The van der Waals surface area contributed by atoms with Crippen molar-refractivity contribution in [2.24, 2.45) is 0 Å². The van der Waals surface area contributed by atoms with E-state index in [0.717, 1.165) is 0 Å². The van der Waals surface area contributed by atoms with Crippen molar-refractivity contribution in [2.45, 2.75) is 0 Å². The quantitative estimate of drug-likeness (QED) is 0.661. The third kappa shape index (κ3) is 3.37. The Balaban J connectivity index is 1.95. The molecule has 0 aromatic heterocycles. The van der Waals surface area contributed by atoms with Crippen molar-refractivity contribution in [3.8, 4) is 5.75 Å². The molecule has 25 heavy (non-hydrogen) atoms. The van der Waals surface area contributed by atoms with E-state index in [1.165, 1.54) is 13.2 Å². The van der Waals surface area contributed by atoms with E-state index in [1.54, 1.807) is 48.5 Å². The van der Waals surface area contributed by atoms with Crippen molar-refractivity contribution in [2.75, 3.05) is 12.4 Å². The van der Waals surface area contributed by atoms with Crippen molar-refractivity contribution in [3.05, 3.63) is 77.4 Å². The second-order valence-corrected chi connectivity index (χ2v) is 5.16. The Morgan fingerprint density at radius 2 is 1.80 bits per heavy atom.